The van der Waals surface area contributed by atoms with Crippen LogP contribution < -0.4 is 4.72 Å². The number of piperidine rings is 1. The van der Waals surface area contributed by atoms with Gasteiger partial charge in [-0.2, -0.15) is 0 Å². The minimum atomic E-state index is -3.17. The Labute approximate surface area is 142 Å². The molecule has 2 aromatic rings. The van der Waals surface area contributed by atoms with E-state index in [1.165, 1.54) is 18.0 Å². The van der Waals surface area contributed by atoms with Crippen LogP contribution in [0.4, 0.5) is 0 Å². The molecule has 0 amide bonds. The number of sulfonamides is 1. The van der Waals surface area contributed by atoms with E-state index >= 15 is 0 Å². The minimum Gasteiger partial charge on any atom is -0.361 e. The Kier molecular flexibility index (Phi) is 4.96. The molecule has 1 aromatic carbocycles. The van der Waals surface area contributed by atoms with Gasteiger partial charge in [0.2, 0.25) is 10.0 Å². The number of aromatic amines is 1. The summed E-state index contributed by atoms with van der Waals surface area (Å²) in [5, 5.41) is 1.23. The summed E-state index contributed by atoms with van der Waals surface area (Å²) in [6, 6.07) is 6.19. The highest BCUT2D eigenvalue weighted by Gasteiger charge is 2.22. The van der Waals surface area contributed by atoms with E-state index < -0.39 is 10.0 Å². The zero-order chi connectivity index (χ0) is 16.4. The van der Waals surface area contributed by atoms with Crippen molar-refractivity contribution in [2.45, 2.75) is 25.2 Å². The Morgan fingerprint density at radius 3 is 2.78 bits per heavy atom. The molecule has 0 radical (unpaired) electrons. The molecule has 1 aromatic heterocycles. The average molecular weight is 356 g/mol. The van der Waals surface area contributed by atoms with E-state index in [2.05, 4.69) is 28.0 Å². The number of aromatic nitrogens is 1. The van der Waals surface area contributed by atoms with Gasteiger partial charge in [0.15, 0.2) is 0 Å². The van der Waals surface area contributed by atoms with Crippen LogP contribution in [0.15, 0.2) is 24.4 Å². The third-order valence-electron chi connectivity index (χ3n) is 4.63. The van der Waals surface area contributed by atoms with Crippen LogP contribution in [0.3, 0.4) is 0 Å². The molecule has 1 saturated heterocycles. The number of benzene rings is 1. The Balaban J connectivity index is 1.77. The SMILES string of the molecule is CNS(=O)(=O)CCc1ccc2c(C3CCN(Cl)CC3)c[nH]c2c1. The standard InChI is InChI=1S/C16H22ClN3O2S/c1-18-23(21,22)9-6-12-2-3-14-15(11-19-16(14)10-12)13-4-7-20(17)8-5-13/h2-3,10-11,13,18-19H,4-9H2,1H3. The van der Waals surface area contributed by atoms with Crippen molar-refractivity contribution in [3.8, 4) is 0 Å². The first-order chi connectivity index (χ1) is 11.0. The summed E-state index contributed by atoms with van der Waals surface area (Å²) < 4.78 is 27.3. The van der Waals surface area contributed by atoms with Crippen LogP contribution in [0.2, 0.25) is 0 Å². The smallest absolute Gasteiger partial charge is 0.211 e. The molecule has 5 nitrogen and oxygen atoms in total. The van der Waals surface area contributed by atoms with Gasteiger partial charge in [-0.05, 0) is 61.2 Å². The molecule has 0 bridgehead atoms. The molecule has 23 heavy (non-hydrogen) atoms. The molecule has 1 aliphatic rings. The number of fused-ring (bicyclic) bond motifs is 1. The van der Waals surface area contributed by atoms with Crippen LogP contribution in [-0.4, -0.2) is 43.7 Å². The normalized spacial score (nSPS) is 17.8. The second-order valence-corrected chi connectivity index (χ2v) is 8.61. The Hall–Kier alpha value is -1.08. The predicted molar refractivity (Wildman–Crippen MR) is 94.3 cm³/mol. The Morgan fingerprint density at radius 1 is 1.35 bits per heavy atom. The Morgan fingerprint density at radius 2 is 2.09 bits per heavy atom. The molecule has 0 saturated carbocycles. The molecule has 126 valence electrons. The van der Waals surface area contributed by atoms with E-state index in [0.717, 1.165) is 37.0 Å². The van der Waals surface area contributed by atoms with E-state index in [0.29, 0.717) is 12.3 Å². The van der Waals surface area contributed by atoms with Crippen molar-refractivity contribution in [2.75, 3.05) is 25.9 Å². The lowest BCUT2D eigenvalue weighted by Crippen LogP contribution is -2.25. The summed E-state index contributed by atoms with van der Waals surface area (Å²) in [5.41, 5.74) is 3.45. The molecule has 2 heterocycles. The van der Waals surface area contributed by atoms with Crippen LogP contribution >= 0.6 is 11.8 Å². The topological polar surface area (TPSA) is 65.2 Å². The van der Waals surface area contributed by atoms with Crippen LogP contribution in [0, 0.1) is 0 Å². The van der Waals surface area contributed by atoms with Crippen LogP contribution in [0.5, 0.6) is 0 Å². The van der Waals surface area contributed by atoms with Crippen molar-refractivity contribution in [1.82, 2.24) is 14.1 Å². The highest BCUT2D eigenvalue weighted by Crippen LogP contribution is 2.33. The first-order valence-corrected chi connectivity index (χ1v) is 9.89. The zero-order valence-electron chi connectivity index (χ0n) is 13.2. The van der Waals surface area contributed by atoms with E-state index in [-0.39, 0.29) is 5.75 Å². The summed E-state index contributed by atoms with van der Waals surface area (Å²) in [7, 11) is -1.72. The van der Waals surface area contributed by atoms with Crippen molar-refractivity contribution in [3.63, 3.8) is 0 Å². The predicted octanol–water partition coefficient (Wildman–Crippen LogP) is 2.59. The van der Waals surface area contributed by atoms with Gasteiger partial charge in [0, 0.05) is 30.2 Å². The molecule has 2 N–H and O–H groups in total. The van der Waals surface area contributed by atoms with Crippen LogP contribution in [-0.2, 0) is 16.4 Å². The molecule has 0 spiro atoms. The fourth-order valence-electron chi connectivity index (χ4n) is 3.20. The van der Waals surface area contributed by atoms with Crippen molar-refractivity contribution < 1.29 is 8.42 Å². The van der Waals surface area contributed by atoms with Gasteiger partial charge in [-0.15, -0.1) is 0 Å². The molecule has 1 aliphatic heterocycles. The molecule has 0 unspecified atom stereocenters. The van der Waals surface area contributed by atoms with E-state index in [9.17, 15) is 8.42 Å². The lowest BCUT2D eigenvalue weighted by molar-refractivity contribution is 0.337. The maximum atomic E-state index is 11.5. The lowest BCUT2D eigenvalue weighted by Gasteiger charge is -2.26. The van der Waals surface area contributed by atoms with Gasteiger partial charge in [0.05, 0.1) is 5.75 Å². The highest BCUT2D eigenvalue weighted by molar-refractivity contribution is 7.89. The fraction of sp³-hybridized carbons (Fsp3) is 0.500. The quantitative estimate of drug-likeness (QED) is 0.810. The average Bonchev–Trinajstić information content (AvgIpc) is 2.97. The van der Waals surface area contributed by atoms with Gasteiger partial charge in [0.25, 0.3) is 0 Å². The van der Waals surface area contributed by atoms with E-state index in [4.69, 9.17) is 11.8 Å². The second-order valence-electron chi connectivity index (χ2n) is 6.08. The number of nitrogens with one attached hydrogen (secondary N) is 2. The van der Waals surface area contributed by atoms with Crippen molar-refractivity contribution in [1.29, 1.82) is 0 Å². The number of nitrogens with zero attached hydrogens (tertiary/aromatic N) is 1. The fourth-order valence-corrected chi connectivity index (χ4v) is 4.11. The summed E-state index contributed by atoms with van der Waals surface area (Å²) in [6.45, 7) is 1.83. The summed E-state index contributed by atoms with van der Waals surface area (Å²) in [5.74, 6) is 0.644. The van der Waals surface area contributed by atoms with E-state index in [1.807, 2.05) is 10.5 Å². The summed E-state index contributed by atoms with van der Waals surface area (Å²) >= 11 is 6.04. The number of aryl methyl sites for hydroxylation is 1. The van der Waals surface area contributed by atoms with Gasteiger partial charge in [0.1, 0.15) is 0 Å². The van der Waals surface area contributed by atoms with E-state index in [1.54, 1.807) is 0 Å². The molecule has 0 aliphatic carbocycles. The third kappa shape index (κ3) is 3.88. The number of H-pyrrole nitrogens is 1. The van der Waals surface area contributed by atoms with Crippen molar-refractivity contribution >= 4 is 32.7 Å². The number of halogens is 1. The van der Waals surface area contributed by atoms with Gasteiger partial charge < -0.3 is 4.98 Å². The molecule has 0 atom stereocenters. The van der Waals surface area contributed by atoms with Crippen molar-refractivity contribution in [2.24, 2.45) is 0 Å². The maximum Gasteiger partial charge on any atom is 0.211 e. The van der Waals surface area contributed by atoms with Gasteiger partial charge >= 0.3 is 0 Å². The highest BCUT2D eigenvalue weighted by atomic mass is 35.5. The second kappa shape index (κ2) is 6.81. The molecule has 3 rings (SSSR count). The molecular formula is C16H22ClN3O2S. The summed E-state index contributed by atoms with van der Waals surface area (Å²) in [4.78, 5) is 3.34. The molecule has 1 fully saturated rings. The molecule has 7 heteroatoms. The lowest BCUT2D eigenvalue weighted by atomic mass is 9.90. The summed E-state index contributed by atoms with van der Waals surface area (Å²) in [6.07, 6.45) is 4.74. The zero-order valence-corrected chi connectivity index (χ0v) is 14.8. The minimum absolute atomic E-state index is 0.108. The van der Waals surface area contributed by atoms with Crippen LogP contribution in [0.1, 0.15) is 29.9 Å². The van der Waals surface area contributed by atoms with Crippen LogP contribution in [0.25, 0.3) is 10.9 Å². The number of rotatable bonds is 5. The first kappa shape index (κ1) is 16.8. The van der Waals surface area contributed by atoms with Gasteiger partial charge in [-0.1, -0.05) is 12.1 Å². The maximum absolute atomic E-state index is 11.5. The first-order valence-electron chi connectivity index (χ1n) is 7.90. The molecular weight excluding hydrogens is 334 g/mol. The largest absolute Gasteiger partial charge is 0.361 e. The Bertz CT molecular complexity index is 780. The van der Waals surface area contributed by atoms with Gasteiger partial charge in [-0.3, -0.25) is 0 Å². The monoisotopic (exact) mass is 355 g/mol. The number of hydrogen-bond acceptors (Lipinski definition) is 3. The van der Waals surface area contributed by atoms with Crippen molar-refractivity contribution in [3.05, 3.63) is 35.5 Å². The van der Waals surface area contributed by atoms with Gasteiger partial charge in [-0.25, -0.2) is 17.6 Å². The third-order valence-corrected chi connectivity index (χ3v) is 6.33. The number of hydrogen-bond donors (Lipinski definition) is 2.